The van der Waals surface area contributed by atoms with Gasteiger partial charge in [-0.05, 0) is 57.1 Å². The molecule has 1 saturated heterocycles. The highest BCUT2D eigenvalue weighted by molar-refractivity contribution is 5.94. The Morgan fingerprint density at radius 2 is 1.87 bits per heavy atom. The molecule has 2 rings (SSSR count). The number of amides is 2. The third-order valence-corrected chi connectivity index (χ3v) is 3.58. The summed E-state index contributed by atoms with van der Waals surface area (Å²) in [7, 11) is 0. The topological polar surface area (TPSA) is 79.5 Å². The van der Waals surface area contributed by atoms with Crippen LogP contribution in [0.5, 0.6) is 5.75 Å². The number of hydrogen-bond donors (Lipinski definition) is 3. The molecule has 0 saturated carbocycles. The van der Waals surface area contributed by atoms with Crippen LogP contribution < -0.4 is 20.7 Å². The van der Waals surface area contributed by atoms with Gasteiger partial charge in [0, 0.05) is 11.6 Å². The van der Waals surface area contributed by atoms with Crippen LogP contribution in [0, 0.1) is 5.92 Å². The third-order valence-electron chi connectivity index (χ3n) is 3.58. The van der Waals surface area contributed by atoms with Crippen LogP contribution in [-0.2, 0) is 9.59 Å². The van der Waals surface area contributed by atoms with E-state index < -0.39 is 0 Å². The van der Waals surface area contributed by atoms with E-state index in [0.717, 1.165) is 31.7 Å². The lowest BCUT2D eigenvalue weighted by Crippen LogP contribution is -2.41. The van der Waals surface area contributed by atoms with Crippen LogP contribution in [0.1, 0.15) is 19.8 Å². The van der Waals surface area contributed by atoms with Gasteiger partial charge < -0.3 is 20.7 Å². The quantitative estimate of drug-likeness (QED) is 0.733. The molecule has 1 fully saturated rings. The molecule has 0 unspecified atom stereocenters. The molecule has 2 amide bonds. The number of carbonyl (C=O) groups is 2. The fourth-order valence-corrected chi connectivity index (χ4v) is 2.40. The van der Waals surface area contributed by atoms with E-state index in [-0.39, 0.29) is 36.7 Å². The van der Waals surface area contributed by atoms with Crippen molar-refractivity contribution in [3.8, 4) is 5.75 Å². The molecule has 0 bridgehead atoms. The standard InChI is InChI=1S/C16H23N3O3.ClH/c1-2-22-14-5-3-13(4-6-14)19-15(20)11-18-16(21)12-7-9-17-10-8-12;/h3-6,12,17H,2,7-11H2,1H3,(H,18,21)(H,19,20);1H. The van der Waals surface area contributed by atoms with E-state index >= 15 is 0 Å². The maximum atomic E-state index is 11.9. The van der Waals surface area contributed by atoms with Gasteiger partial charge in [0.15, 0.2) is 0 Å². The molecule has 3 N–H and O–H groups in total. The highest BCUT2D eigenvalue weighted by Gasteiger charge is 2.20. The molecule has 6 nitrogen and oxygen atoms in total. The number of hydrogen-bond acceptors (Lipinski definition) is 4. The summed E-state index contributed by atoms with van der Waals surface area (Å²) < 4.78 is 5.34. The molecule has 0 spiro atoms. The van der Waals surface area contributed by atoms with Gasteiger partial charge in [-0.2, -0.15) is 0 Å². The van der Waals surface area contributed by atoms with E-state index in [1.54, 1.807) is 24.3 Å². The van der Waals surface area contributed by atoms with E-state index in [9.17, 15) is 9.59 Å². The summed E-state index contributed by atoms with van der Waals surface area (Å²) in [5.41, 5.74) is 0.685. The molecule has 0 aliphatic carbocycles. The molecule has 0 radical (unpaired) electrons. The van der Waals surface area contributed by atoms with Crippen molar-refractivity contribution in [3.05, 3.63) is 24.3 Å². The minimum absolute atomic E-state index is 0. The number of anilines is 1. The van der Waals surface area contributed by atoms with Crippen LogP contribution in [0.15, 0.2) is 24.3 Å². The largest absolute Gasteiger partial charge is 0.494 e. The second kappa shape index (κ2) is 10.1. The van der Waals surface area contributed by atoms with Gasteiger partial charge in [0.2, 0.25) is 11.8 Å². The van der Waals surface area contributed by atoms with Crippen molar-refractivity contribution < 1.29 is 14.3 Å². The minimum Gasteiger partial charge on any atom is -0.494 e. The monoisotopic (exact) mass is 341 g/mol. The van der Waals surface area contributed by atoms with Crippen LogP contribution >= 0.6 is 12.4 Å². The van der Waals surface area contributed by atoms with Gasteiger partial charge in [0.05, 0.1) is 13.2 Å². The first-order valence-corrected chi connectivity index (χ1v) is 7.70. The molecule has 1 aromatic carbocycles. The fraction of sp³-hybridized carbons (Fsp3) is 0.500. The van der Waals surface area contributed by atoms with E-state index in [4.69, 9.17) is 4.74 Å². The zero-order chi connectivity index (χ0) is 15.8. The molecular formula is C16H24ClN3O3. The lowest BCUT2D eigenvalue weighted by Gasteiger charge is -2.21. The summed E-state index contributed by atoms with van der Waals surface area (Å²) in [5.74, 6) is 0.508. The van der Waals surface area contributed by atoms with Crippen LogP contribution in [0.2, 0.25) is 0 Å². The van der Waals surface area contributed by atoms with E-state index in [1.807, 2.05) is 6.92 Å². The summed E-state index contributed by atoms with van der Waals surface area (Å²) in [4.78, 5) is 23.8. The first-order valence-electron chi connectivity index (χ1n) is 7.70. The van der Waals surface area contributed by atoms with Crippen molar-refractivity contribution in [1.82, 2.24) is 10.6 Å². The predicted molar refractivity (Wildman–Crippen MR) is 92.1 cm³/mol. The van der Waals surface area contributed by atoms with E-state index in [0.29, 0.717) is 12.3 Å². The minimum atomic E-state index is -0.230. The van der Waals surface area contributed by atoms with Crippen molar-refractivity contribution in [2.75, 3.05) is 31.6 Å². The summed E-state index contributed by atoms with van der Waals surface area (Å²) in [6, 6.07) is 7.15. The van der Waals surface area contributed by atoms with Gasteiger partial charge in [0.25, 0.3) is 0 Å². The Morgan fingerprint density at radius 1 is 1.22 bits per heavy atom. The van der Waals surface area contributed by atoms with Crippen LogP contribution in [-0.4, -0.2) is 38.1 Å². The number of rotatable bonds is 6. The van der Waals surface area contributed by atoms with Gasteiger partial charge in [-0.25, -0.2) is 0 Å². The van der Waals surface area contributed by atoms with Crippen molar-refractivity contribution in [2.24, 2.45) is 5.92 Å². The molecule has 1 aromatic rings. The van der Waals surface area contributed by atoms with Gasteiger partial charge in [-0.15, -0.1) is 12.4 Å². The molecule has 1 aliphatic rings. The number of piperidine rings is 1. The molecule has 7 heteroatoms. The normalized spacial score (nSPS) is 14.5. The highest BCUT2D eigenvalue weighted by atomic mass is 35.5. The van der Waals surface area contributed by atoms with Gasteiger partial charge >= 0.3 is 0 Å². The van der Waals surface area contributed by atoms with E-state index in [1.165, 1.54) is 0 Å². The summed E-state index contributed by atoms with van der Waals surface area (Å²) >= 11 is 0. The van der Waals surface area contributed by atoms with Crippen LogP contribution in [0.25, 0.3) is 0 Å². The Hall–Kier alpha value is -1.79. The molecule has 1 heterocycles. The van der Waals surface area contributed by atoms with Gasteiger partial charge in [-0.3, -0.25) is 9.59 Å². The average molecular weight is 342 g/mol. The number of nitrogens with one attached hydrogen (secondary N) is 3. The van der Waals surface area contributed by atoms with Gasteiger partial charge in [0.1, 0.15) is 5.75 Å². The Labute approximate surface area is 142 Å². The lowest BCUT2D eigenvalue weighted by molar-refractivity contribution is -0.127. The van der Waals surface area contributed by atoms with Gasteiger partial charge in [-0.1, -0.05) is 0 Å². The molecule has 0 atom stereocenters. The number of ether oxygens (including phenoxy) is 1. The Morgan fingerprint density at radius 3 is 2.48 bits per heavy atom. The number of carbonyl (C=O) groups excluding carboxylic acids is 2. The zero-order valence-electron chi connectivity index (χ0n) is 13.3. The van der Waals surface area contributed by atoms with Crippen molar-refractivity contribution >= 4 is 29.9 Å². The summed E-state index contributed by atoms with van der Waals surface area (Å²) in [6.45, 7) is 4.23. The Kier molecular flexibility index (Phi) is 8.43. The van der Waals surface area contributed by atoms with Crippen LogP contribution in [0.4, 0.5) is 5.69 Å². The van der Waals surface area contributed by atoms with E-state index in [2.05, 4.69) is 16.0 Å². The first-order chi connectivity index (χ1) is 10.7. The fourth-order valence-electron chi connectivity index (χ4n) is 2.40. The first kappa shape index (κ1) is 19.3. The average Bonchev–Trinajstić information content (AvgIpc) is 2.55. The van der Waals surface area contributed by atoms with Crippen molar-refractivity contribution in [1.29, 1.82) is 0 Å². The van der Waals surface area contributed by atoms with Crippen molar-refractivity contribution in [3.63, 3.8) is 0 Å². The lowest BCUT2D eigenvalue weighted by atomic mass is 9.97. The molecule has 128 valence electrons. The molecule has 1 aliphatic heterocycles. The molecular weight excluding hydrogens is 318 g/mol. The van der Waals surface area contributed by atoms with Crippen molar-refractivity contribution in [2.45, 2.75) is 19.8 Å². The zero-order valence-corrected chi connectivity index (χ0v) is 14.1. The summed E-state index contributed by atoms with van der Waals surface area (Å²) in [5, 5.41) is 8.66. The third kappa shape index (κ3) is 6.46. The Bertz CT molecular complexity index is 502. The molecule has 0 aromatic heterocycles. The SMILES string of the molecule is CCOc1ccc(NC(=O)CNC(=O)C2CCNCC2)cc1.Cl. The second-order valence-electron chi connectivity index (χ2n) is 5.25. The molecule has 23 heavy (non-hydrogen) atoms. The maximum absolute atomic E-state index is 11.9. The highest BCUT2D eigenvalue weighted by Crippen LogP contribution is 2.15. The van der Waals surface area contributed by atoms with Crippen LogP contribution in [0.3, 0.4) is 0 Å². The smallest absolute Gasteiger partial charge is 0.243 e. The Balaban J connectivity index is 0.00000264. The maximum Gasteiger partial charge on any atom is 0.243 e. The summed E-state index contributed by atoms with van der Waals surface area (Å²) in [6.07, 6.45) is 1.65. The number of benzene rings is 1. The second-order valence-corrected chi connectivity index (χ2v) is 5.25. The number of halogens is 1. The predicted octanol–water partition coefficient (Wildman–Crippen LogP) is 1.56.